The van der Waals surface area contributed by atoms with Gasteiger partial charge in [0.15, 0.2) is 0 Å². The van der Waals surface area contributed by atoms with Gasteiger partial charge in [-0.25, -0.2) is 5.10 Å². The standard InChI is InChI=1S/C8H6BrN3O/c9-4-5-1-2-7-6(3-5)8(13)11-12-10-7/h1-3H,4H2,(H,10,11,13). The summed E-state index contributed by atoms with van der Waals surface area (Å²) in [5, 5.41) is 10.9. The molecule has 0 unspecified atom stereocenters. The first-order valence-corrected chi connectivity index (χ1v) is 4.83. The van der Waals surface area contributed by atoms with Crippen LogP contribution in [0.3, 0.4) is 0 Å². The van der Waals surface area contributed by atoms with Gasteiger partial charge in [-0.05, 0) is 17.7 Å². The molecule has 0 fully saturated rings. The smallest absolute Gasteiger partial charge is 0.267 e. The van der Waals surface area contributed by atoms with E-state index >= 15 is 0 Å². The first-order chi connectivity index (χ1) is 6.31. The molecular formula is C8H6BrN3O. The van der Waals surface area contributed by atoms with Gasteiger partial charge in [-0.1, -0.05) is 27.2 Å². The number of benzene rings is 1. The summed E-state index contributed by atoms with van der Waals surface area (Å²) in [5.74, 6) is 0. The molecule has 66 valence electrons. The number of aromatic nitrogens is 3. The largest absolute Gasteiger partial charge is 0.275 e. The van der Waals surface area contributed by atoms with E-state index in [1.165, 1.54) is 0 Å². The fraction of sp³-hybridized carbons (Fsp3) is 0.125. The van der Waals surface area contributed by atoms with E-state index in [0.717, 1.165) is 10.9 Å². The highest BCUT2D eigenvalue weighted by molar-refractivity contribution is 9.08. The number of hydrogen-bond acceptors (Lipinski definition) is 3. The molecule has 2 rings (SSSR count). The second kappa shape index (κ2) is 3.26. The van der Waals surface area contributed by atoms with Crippen LogP contribution >= 0.6 is 15.9 Å². The van der Waals surface area contributed by atoms with Gasteiger partial charge in [-0.2, -0.15) is 0 Å². The maximum absolute atomic E-state index is 11.3. The molecule has 0 aliphatic carbocycles. The van der Waals surface area contributed by atoms with Gasteiger partial charge in [0, 0.05) is 5.33 Å². The lowest BCUT2D eigenvalue weighted by atomic mass is 10.2. The van der Waals surface area contributed by atoms with Crippen molar-refractivity contribution in [1.29, 1.82) is 0 Å². The number of aromatic amines is 1. The van der Waals surface area contributed by atoms with Gasteiger partial charge in [0.2, 0.25) is 0 Å². The van der Waals surface area contributed by atoms with Gasteiger partial charge in [-0.3, -0.25) is 4.79 Å². The molecule has 0 radical (unpaired) electrons. The van der Waals surface area contributed by atoms with Crippen molar-refractivity contribution in [2.45, 2.75) is 5.33 Å². The number of fused-ring (bicyclic) bond motifs is 1. The van der Waals surface area contributed by atoms with Crippen LogP contribution in [-0.2, 0) is 5.33 Å². The van der Waals surface area contributed by atoms with Crippen LogP contribution in [0.2, 0.25) is 0 Å². The van der Waals surface area contributed by atoms with E-state index < -0.39 is 0 Å². The second-order valence-electron chi connectivity index (χ2n) is 2.63. The minimum Gasteiger partial charge on any atom is -0.267 e. The Kier molecular flexibility index (Phi) is 2.10. The molecule has 0 aliphatic heterocycles. The Morgan fingerprint density at radius 1 is 1.46 bits per heavy atom. The summed E-state index contributed by atoms with van der Waals surface area (Å²) < 4.78 is 0. The summed E-state index contributed by atoms with van der Waals surface area (Å²) in [5.41, 5.74) is 1.47. The SMILES string of the molecule is O=c1[nH]nnc2ccc(CBr)cc12. The quantitative estimate of drug-likeness (QED) is 0.762. The number of rotatable bonds is 1. The van der Waals surface area contributed by atoms with Crippen molar-refractivity contribution in [2.75, 3.05) is 0 Å². The predicted molar refractivity (Wildman–Crippen MR) is 52.8 cm³/mol. The minimum atomic E-state index is -0.201. The fourth-order valence-corrected chi connectivity index (χ4v) is 1.47. The van der Waals surface area contributed by atoms with Crippen LogP contribution < -0.4 is 5.56 Å². The molecule has 1 aromatic heterocycles. The summed E-state index contributed by atoms with van der Waals surface area (Å²) >= 11 is 3.32. The average Bonchev–Trinajstić information content (AvgIpc) is 2.18. The molecule has 0 spiro atoms. The van der Waals surface area contributed by atoms with Crippen LogP contribution in [0.15, 0.2) is 23.0 Å². The second-order valence-corrected chi connectivity index (χ2v) is 3.19. The molecule has 4 nitrogen and oxygen atoms in total. The third-order valence-corrected chi connectivity index (χ3v) is 2.42. The summed E-state index contributed by atoms with van der Waals surface area (Å²) in [6.07, 6.45) is 0. The van der Waals surface area contributed by atoms with E-state index in [9.17, 15) is 4.79 Å². The van der Waals surface area contributed by atoms with E-state index in [1.807, 2.05) is 6.07 Å². The molecule has 1 aromatic carbocycles. The van der Waals surface area contributed by atoms with E-state index in [0.29, 0.717) is 10.9 Å². The molecule has 5 heteroatoms. The van der Waals surface area contributed by atoms with E-state index in [4.69, 9.17) is 0 Å². The van der Waals surface area contributed by atoms with Crippen LogP contribution in [0.1, 0.15) is 5.56 Å². The molecule has 0 atom stereocenters. The zero-order chi connectivity index (χ0) is 9.26. The number of alkyl halides is 1. The van der Waals surface area contributed by atoms with Crippen molar-refractivity contribution < 1.29 is 0 Å². The highest BCUT2D eigenvalue weighted by atomic mass is 79.9. The van der Waals surface area contributed by atoms with Crippen LogP contribution in [0.4, 0.5) is 0 Å². The summed E-state index contributed by atoms with van der Waals surface area (Å²) in [7, 11) is 0. The lowest BCUT2D eigenvalue weighted by Gasteiger charge is -1.96. The molecular weight excluding hydrogens is 234 g/mol. The third-order valence-electron chi connectivity index (χ3n) is 1.77. The van der Waals surface area contributed by atoms with Gasteiger partial charge in [-0.15, -0.1) is 5.10 Å². The minimum absolute atomic E-state index is 0.201. The zero-order valence-electron chi connectivity index (χ0n) is 6.62. The Balaban J connectivity index is 2.82. The van der Waals surface area contributed by atoms with Crippen molar-refractivity contribution in [2.24, 2.45) is 0 Å². The van der Waals surface area contributed by atoms with E-state index in [2.05, 4.69) is 31.3 Å². The molecule has 0 aliphatic rings. The van der Waals surface area contributed by atoms with Gasteiger partial charge >= 0.3 is 0 Å². The molecule has 0 bridgehead atoms. The Bertz CT molecular complexity index is 494. The maximum atomic E-state index is 11.3. The average molecular weight is 240 g/mol. The molecule has 1 heterocycles. The molecule has 1 N–H and O–H groups in total. The molecule has 2 aromatic rings. The predicted octanol–water partition coefficient (Wildman–Crippen LogP) is 1.21. The number of halogens is 1. The number of H-pyrrole nitrogens is 1. The fourth-order valence-electron chi connectivity index (χ4n) is 1.12. The van der Waals surface area contributed by atoms with Gasteiger partial charge in [0.05, 0.1) is 5.39 Å². The maximum Gasteiger partial charge on any atom is 0.275 e. The number of nitrogens with one attached hydrogen (secondary N) is 1. The highest BCUT2D eigenvalue weighted by Gasteiger charge is 2.00. The van der Waals surface area contributed by atoms with Gasteiger partial charge in [0.25, 0.3) is 5.56 Å². The van der Waals surface area contributed by atoms with Crippen LogP contribution in [0, 0.1) is 0 Å². The van der Waals surface area contributed by atoms with Crippen molar-refractivity contribution >= 4 is 26.8 Å². The Morgan fingerprint density at radius 2 is 2.31 bits per heavy atom. The Morgan fingerprint density at radius 3 is 3.08 bits per heavy atom. The first kappa shape index (κ1) is 8.37. The van der Waals surface area contributed by atoms with Gasteiger partial charge < -0.3 is 0 Å². The van der Waals surface area contributed by atoms with Crippen LogP contribution in [-0.4, -0.2) is 15.4 Å². The Labute approximate surface area is 82.1 Å². The van der Waals surface area contributed by atoms with Crippen LogP contribution in [0.25, 0.3) is 10.9 Å². The third kappa shape index (κ3) is 1.47. The summed E-state index contributed by atoms with van der Waals surface area (Å²) in [4.78, 5) is 11.3. The van der Waals surface area contributed by atoms with Gasteiger partial charge in [0.1, 0.15) is 5.52 Å². The summed E-state index contributed by atoms with van der Waals surface area (Å²) in [6, 6.07) is 5.50. The lowest BCUT2D eigenvalue weighted by molar-refractivity contribution is 0.872. The first-order valence-electron chi connectivity index (χ1n) is 3.71. The Hall–Kier alpha value is -1.23. The van der Waals surface area contributed by atoms with E-state index in [1.54, 1.807) is 12.1 Å². The van der Waals surface area contributed by atoms with Crippen LogP contribution in [0.5, 0.6) is 0 Å². The zero-order valence-corrected chi connectivity index (χ0v) is 8.21. The summed E-state index contributed by atoms with van der Waals surface area (Å²) in [6.45, 7) is 0. The van der Waals surface area contributed by atoms with E-state index in [-0.39, 0.29) is 5.56 Å². The normalized spacial score (nSPS) is 10.5. The van der Waals surface area contributed by atoms with Crippen molar-refractivity contribution in [3.05, 3.63) is 34.1 Å². The van der Waals surface area contributed by atoms with Crippen molar-refractivity contribution in [3.8, 4) is 0 Å². The van der Waals surface area contributed by atoms with Crippen molar-refractivity contribution in [1.82, 2.24) is 15.4 Å². The lowest BCUT2D eigenvalue weighted by Crippen LogP contribution is -2.09. The highest BCUT2D eigenvalue weighted by Crippen LogP contribution is 2.11. The molecule has 0 saturated carbocycles. The molecule has 13 heavy (non-hydrogen) atoms. The number of nitrogens with zero attached hydrogens (tertiary/aromatic N) is 2. The topological polar surface area (TPSA) is 58.6 Å². The number of hydrogen-bond donors (Lipinski definition) is 1. The monoisotopic (exact) mass is 239 g/mol. The van der Waals surface area contributed by atoms with Crippen molar-refractivity contribution in [3.63, 3.8) is 0 Å². The molecule has 0 amide bonds. The molecule has 0 saturated heterocycles.